The van der Waals surface area contributed by atoms with E-state index in [1.165, 1.54) is 0 Å². The molecule has 1 rings (SSSR count). The van der Waals surface area contributed by atoms with Gasteiger partial charge in [0.05, 0.1) is 5.60 Å². The second-order valence-corrected chi connectivity index (χ2v) is 3.96. The fourth-order valence-corrected chi connectivity index (χ4v) is 1.60. The first kappa shape index (κ1) is 15.9. The van der Waals surface area contributed by atoms with Gasteiger partial charge in [-0.15, -0.1) is 24.8 Å². The average Bonchev–Trinajstić information content (AvgIpc) is 2.08. The number of β-amino-alcohol motifs (C(OH)–C–C–N with tert-alkyl or cyclic N) is 1. The molecule has 0 aliphatic carbocycles. The molecule has 13 heavy (non-hydrogen) atoms. The third-order valence-corrected chi connectivity index (χ3v) is 2.08. The van der Waals surface area contributed by atoms with E-state index >= 15 is 0 Å². The lowest BCUT2D eigenvalue weighted by Crippen LogP contribution is -2.36. The van der Waals surface area contributed by atoms with E-state index in [4.69, 9.17) is 5.73 Å². The van der Waals surface area contributed by atoms with Crippen LogP contribution in [0.4, 0.5) is 0 Å². The van der Waals surface area contributed by atoms with Gasteiger partial charge in [-0.3, -0.25) is 4.90 Å². The Hall–Kier alpha value is 0.460. The zero-order chi connectivity index (χ0) is 8.48. The molecule has 1 saturated heterocycles. The summed E-state index contributed by atoms with van der Waals surface area (Å²) < 4.78 is 0. The highest BCUT2D eigenvalue weighted by molar-refractivity contribution is 5.85. The van der Waals surface area contributed by atoms with Crippen LogP contribution in [0.5, 0.6) is 0 Å². The Bertz CT molecular complexity index is 142. The van der Waals surface area contributed by atoms with Gasteiger partial charge in [-0.2, -0.15) is 0 Å². The number of hydrogen-bond acceptors (Lipinski definition) is 3. The quantitative estimate of drug-likeness (QED) is 0.733. The Kier molecular flexibility index (Phi) is 7.39. The molecule has 0 saturated carbocycles. The third kappa shape index (κ3) is 5.70. The summed E-state index contributed by atoms with van der Waals surface area (Å²) in [6, 6.07) is 0.212. The van der Waals surface area contributed by atoms with Crippen LogP contribution in [-0.4, -0.2) is 41.3 Å². The summed E-state index contributed by atoms with van der Waals surface area (Å²) in [5, 5.41) is 9.60. The third-order valence-electron chi connectivity index (χ3n) is 2.08. The molecular weight excluding hydrogens is 211 g/mol. The van der Waals surface area contributed by atoms with Gasteiger partial charge in [0.1, 0.15) is 0 Å². The molecular formula is C8H20Cl2N2O. The Morgan fingerprint density at radius 3 is 2.38 bits per heavy atom. The highest BCUT2D eigenvalue weighted by Gasteiger charge is 2.31. The molecule has 1 aliphatic heterocycles. The molecule has 0 aromatic heterocycles. The second-order valence-electron chi connectivity index (χ2n) is 3.96. The summed E-state index contributed by atoms with van der Waals surface area (Å²) in [6.07, 6.45) is 0.875. The van der Waals surface area contributed by atoms with Crippen LogP contribution in [0.3, 0.4) is 0 Å². The van der Waals surface area contributed by atoms with Crippen molar-refractivity contribution in [3.63, 3.8) is 0 Å². The van der Waals surface area contributed by atoms with Gasteiger partial charge in [-0.25, -0.2) is 0 Å². The van der Waals surface area contributed by atoms with Crippen LogP contribution < -0.4 is 5.73 Å². The van der Waals surface area contributed by atoms with Crippen molar-refractivity contribution in [1.29, 1.82) is 0 Å². The van der Waals surface area contributed by atoms with Crippen molar-refractivity contribution in [2.45, 2.75) is 31.9 Å². The number of nitrogens with two attached hydrogens (primary N) is 1. The van der Waals surface area contributed by atoms with Crippen LogP contribution in [0.1, 0.15) is 20.3 Å². The normalized spacial score (nSPS) is 30.5. The van der Waals surface area contributed by atoms with E-state index in [2.05, 4.69) is 4.90 Å². The second kappa shape index (κ2) is 6.04. The summed E-state index contributed by atoms with van der Waals surface area (Å²) in [7, 11) is 0. The molecule has 0 aromatic rings. The molecule has 5 heteroatoms. The van der Waals surface area contributed by atoms with Crippen LogP contribution in [0.2, 0.25) is 0 Å². The molecule has 0 unspecified atom stereocenters. The zero-order valence-corrected chi connectivity index (χ0v) is 9.83. The Morgan fingerprint density at radius 1 is 1.54 bits per heavy atom. The number of likely N-dealkylation sites (tertiary alicyclic amines) is 1. The summed E-state index contributed by atoms with van der Waals surface area (Å²) in [6.45, 7) is 6.53. The van der Waals surface area contributed by atoms with Gasteiger partial charge in [-0.05, 0) is 20.3 Å². The van der Waals surface area contributed by atoms with Crippen molar-refractivity contribution in [3.05, 3.63) is 0 Å². The van der Waals surface area contributed by atoms with Crippen molar-refractivity contribution in [2.24, 2.45) is 5.73 Å². The minimum Gasteiger partial charge on any atom is -0.389 e. The topological polar surface area (TPSA) is 49.5 Å². The van der Waals surface area contributed by atoms with E-state index in [0.29, 0.717) is 0 Å². The fourth-order valence-electron chi connectivity index (χ4n) is 1.60. The largest absolute Gasteiger partial charge is 0.389 e. The number of rotatable bonds is 2. The lowest BCUT2D eigenvalue weighted by Gasteiger charge is -2.20. The van der Waals surface area contributed by atoms with E-state index < -0.39 is 5.60 Å². The highest BCUT2D eigenvalue weighted by atomic mass is 35.5. The minimum absolute atomic E-state index is 0. The van der Waals surface area contributed by atoms with Crippen LogP contribution in [-0.2, 0) is 0 Å². The molecule has 1 fully saturated rings. The van der Waals surface area contributed by atoms with Crippen molar-refractivity contribution < 1.29 is 5.11 Å². The van der Waals surface area contributed by atoms with E-state index in [1.807, 2.05) is 13.8 Å². The van der Waals surface area contributed by atoms with E-state index in [1.54, 1.807) is 0 Å². The maximum absolute atomic E-state index is 9.60. The van der Waals surface area contributed by atoms with Gasteiger partial charge >= 0.3 is 0 Å². The van der Waals surface area contributed by atoms with Crippen LogP contribution >= 0.6 is 24.8 Å². The van der Waals surface area contributed by atoms with Gasteiger partial charge in [0.25, 0.3) is 0 Å². The highest BCUT2D eigenvalue weighted by Crippen LogP contribution is 2.19. The molecule has 0 bridgehead atoms. The SMILES string of the molecule is C[C@@H](N)CN1CC[C@](C)(O)C1.Cl.Cl. The lowest BCUT2D eigenvalue weighted by atomic mass is 10.1. The van der Waals surface area contributed by atoms with Gasteiger partial charge in [0, 0.05) is 25.7 Å². The number of nitrogens with zero attached hydrogens (tertiary/aromatic N) is 1. The first-order chi connectivity index (χ1) is 4.99. The maximum Gasteiger partial charge on any atom is 0.0758 e. The van der Waals surface area contributed by atoms with E-state index in [0.717, 1.165) is 26.1 Å². The van der Waals surface area contributed by atoms with Crippen molar-refractivity contribution in [1.82, 2.24) is 4.90 Å². The Morgan fingerprint density at radius 2 is 2.08 bits per heavy atom. The van der Waals surface area contributed by atoms with Gasteiger partial charge in [0.15, 0.2) is 0 Å². The van der Waals surface area contributed by atoms with Gasteiger partial charge < -0.3 is 10.8 Å². The minimum atomic E-state index is -0.477. The molecule has 82 valence electrons. The lowest BCUT2D eigenvalue weighted by molar-refractivity contribution is 0.0683. The summed E-state index contributed by atoms with van der Waals surface area (Å²) >= 11 is 0. The van der Waals surface area contributed by atoms with Crippen LogP contribution in [0, 0.1) is 0 Å². The summed E-state index contributed by atoms with van der Waals surface area (Å²) in [5.41, 5.74) is 5.16. The maximum atomic E-state index is 9.60. The van der Waals surface area contributed by atoms with Crippen LogP contribution in [0.25, 0.3) is 0 Å². The number of halogens is 2. The van der Waals surface area contributed by atoms with Crippen LogP contribution in [0.15, 0.2) is 0 Å². The molecule has 0 radical (unpaired) electrons. The smallest absolute Gasteiger partial charge is 0.0758 e. The predicted molar refractivity (Wildman–Crippen MR) is 59.8 cm³/mol. The molecule has 1 aliphatic rings. The molecule has 3 N–H and O–H groups in total. The molecule has 1 heterocycles. The van der Waals surface area contributed by atoms with Crippen molar-refractivity contribution in [3.8, 4) is 0 Å². The van der Waals surface area contributed by atoms with E-state index in [-0.39, 0.29) is 30.9 Å². The average molecular weight is 231 g/mol. The van der Waals surface area contributed by atoms with Crippen molar-refractivity contribution >= 4 is 24.8 Å². The molecule has 0 aromatic carbocycles. The first-order valence-corrected chi connectivity index (χ1v) is 4.20. The Balaban J connectivity index is 0. The fraction of sp³-hybridized carbons (Fsp3) is 1.00. The zero-order valence-electron chi connectivity index (χ0n) is 8.19. The number of aliphatic hydroxyl groups is 1. The molecule has 0 amide bonds. The van der Waals surface area contributed by atoms with E-state index in [9.17, 15) is 5.11 Å². The van der Waals surface area contributed by atoms with Gasteiger partial charge in [0.2, 0.25) is 0 Å². The van der Waals surface area contributed by atoms with Gasteiger partial charge in [-0.1, -0.05) is 0 Å². The Labute approximate surface area is 92.5 Å². The monoisotopic (exact) mass is 230 g/mol. The molecule has 3 nitrogen and oxygen atoms in total. The first-order valence-electron chi connectivity index (χ1n) is 4.20. The standard InChI is InChI=1S/C8H18N2O.2ClH/c1-7(9)5-10-4-3-8(2,11)6-10;;/h7,11H,3-6,9H2,1-2H3;2*1H/t7-,8+;;/m1../s1. The molecule has 0 spiro atoms. The molecule has 2 atom stereocenters. The summed E-state index contributed by atoms with van der Waals surface area (Å²) in [4.78, 5) is 2.21. The number of hydrogen-bond donors (Lipinski definition) is 2. The van der Waals surface area contributed by atoms with Crippen molar-refractivity contribution in [2.75, 3.05) is 19.6 Å². The predicted octanol–water partition coefficient (Wildman–Crippen LogP) is 0.634. The summed E-state index contributed by atoms with van der Waals surface area (Å²) in [5.74, 6) is 0.